The Bertz CT molecular complexity index is 49.4. The summed E-state index contributed by atoms with van der Waals surface area (Å²) in [4.78, 5) is 0. The number of hydrogen-bond donors (Lipinski definition) is 0. The Morgan fingerprint density at radius 3 is 1.67 bits per heavy atom. The van der Waals surface area contributed by atoms with E-state index >= 15 is 0 Å². The van der Waals surface area contributed by atoms with Gasteiger partial charge in [0.05, 0.1) is 0 Å². The van der Waals surface area contributed by atoms with Crippen molar-refractivity contribution in [3.8, 4) is 5.92 Å². The van der Waals surface area contributed by atoms with Crippen LogP contribution < -0.4 is 29.6 Å². The van der Waals surface area contributed by atoms with Gasteiger partial charge in [0.15, 0.2) is 0 Å². The molecule has 0 aliphatic carbocycles. The van der Waals surface area contributed by atoms with Gasteiger partial charge in [-0.15, -0.1) is 0 Å². The Kier molecular flexibility index (Phi) is 9.04. The van der Waals surface area contributed by atoms with Crippen LogP contribution in [0.4, 0.5) is 0 Å². The Hall–Kier alpha value is 0.560. The monoisotopic (exact) mass is 90.0 g/mol. The second-order valence-corrected chi connectivity index (χ2v) is 1.30. The molecule has 0 radical (unpaired) electrons. The first-order chi connectivity index (χ1) is 2.27. The normalized spacial score (nSPS) is 6.33. The molecule has 0 saturated heterocycles. The molecule has 0 heterocycles. The second kappa shape index (κ2) is 5.56. The van der Waals surface area contributed by atoms with Crippen LogP contribution in [0.15, 0.2) is 0 Å². The van der Waals surface area contributed by atoms with Gasteiger partial charge in [-0.3, -0.25) is 0 Å². The van der Waals surface area contributed by atoms with Gasteiger partial charge >= 0.3 is 29.6 Å². The maximum Gasteiger partial charge on any atom is 1.00 e. The number of hydrogen-bond acceptors (Lipinski definition) is 0. The van der Waals surface area contributed by atoms with Crippen molar-refractivity contribution in [2.75, 3.05) is 0 Å². The molecule has 0 amide bonds. The van der Waals surface area contributed by atoms with Crippen molar-refractivity contribution in [1.29, 1.82) is 0 Å². The summed E-state index contributed by atoms with van der Waals surface area (Å²) in [5.74, 6) is 2.58. The third kappa shape index (κ3) is 8.82. The second-order valence-electron chi connectivity index (χ2n) is 1.30. The van der Waals surface area contributed by atoms with Gasteiger partial charge in [0.25, 0.3) is 0 Å². The van der Waals surface area contributed by atoms with Crippen LogP contribution in [-0.4, -0.2) is 0 Å². The standard InChI is InChI=1S/C5H7.Na/c1-4-5(2)3;/h5H,2-3H3;/q-1;+1. The summed E-state index contributed by atoms with van der Waals surface area (Å²) in [6, 6.07) is 0. The van der Waals surface area contributed by atoms with E-state index in [1.807, 2.05) is 13.8 Å². The predicted octanol–water partition coefficient (Wildman–Crippen LogP) is -1.76. The molecule has 0 aromatic carbocycles. The molecule has 28 valence electrons. The molecule has 0 aromatic heterocycles. The molecule has 0 N–H and O–H groups in total. The third-order valence-electron chi connectivity index (χ3n) is 0.289. The number of rotatable bonds is 0. The molecule has 0 aliphatic rings. The average Bonchev–Trinajstić information content (AvgIpc) is 1.38. The van der Waals surface area contributed by atoms with Gasteiger partial charge in [-0.1, -0.05) is 13.8 Å². The van der Waals surface area contributed by atoms with Gasteiger partial charge in [0.2, 0.25) is 0 Å². The summed E-state index contributed by atoms with van der Waals surface area (Å²) < 4.78 is 0. The molecule has 6 heavy (non-hydrogen) atoms. The summed E-state index contributed by atoms with van der Waals surface area (Å²) in [6.07, 6.45) is 6.41. The Morgan fingerprint density at radius 1 is 1.50 bits per heavy atom. The predicted molar refractivity (Wildman–Crippen MR) is 22.0 cm³/mol. The minimum absolute atomic E-state index is 0. The fraction of sp³-hybridized carbons (Fsp3) is 0.600. The van der Waals surface area contributed by atoms with E-state index in [4.69, 9.17) is 6.42 Å². The van der Waals surface area contributed by atoms with Gasteiger partial charge in [-0.2, -0.15) is 0 Å². The first-order valence-electron chi connectivity index (χ1n) is 1.69. The topological polar surface area (TPSA) is 0 Å². The zero-order valence-electron chi connectivity index (χ0n) is 4.58. The first kappa shape index (κ1) is 9.75. The molecule has 0 spiro atoms. The quantitative estimate of drug-likeness (QED) is 0.188. The molecule has 0 bridgehead atoms. The van der Waals surface area contributed by atoms with Crippen LogP contribution in [0.25, 0.3) is 0 Å². The summed E-state index contributed by atoms with van der Waals surface area (Å²) in [7, 11) is 0. The molecule has 0 aromatic rings. The van der Waals surface area contributed by atoms with Crippen molar-refractivity contribution < 1.29 is 29.6 Å². The zero-order chi connectivity index (χ0) is 4.28. The van der Waals surface area contributed by atoms with Crippen LogP contribution in [0.1, 0.15) is 13.8 Å². The molecular formula is C5H7Na. The SMILES string of the molecule is [C-]#CC(C)C.[Na+]. The van der Waals surface area contributed by atoms with Gasteiger partial charge in [0.1, 0.15) is 0 Å². The fourth-order valence-electron chi connectivity index (χ4n) is 0. The summed E-state index contributed by atoms with van der Waals surface area (Å²) in [6.45, 7) is 3.85. The van der Waals surface area contributed by atoms with E-state index < -0.39 is 0 Å². The Labute approximate surface area is 61.6 Å². The van der Waals surface area contributed by atoms with Gasteiger partial charge < -0.3 is 12.3 Å². The average molecular weight is 90.1 g/mol. The zero-order valence-corrected chi connectivity index (χ0v) is 6.58. The van der Waals surface area contributed by atoms with Crippen LogP contribution in [0.5, 0.6) is 0 Å². The van der Waals surface area contributed by atoms with Crippen molar-refractivity contribution in [2.45, 2.75) is 13.8 Å². The van der Waals surface area contributed by atoms with E-state index in [2.05, 4.69) is 5.92 Å². The molecule has 1 heteroatoms. The van der Waals surface area contributed by atoms with Crippen molar-refractivity contribution in [3.63, 3.8) is 0 Å². The van der Waals surface area contributed by atoms with Crippen molar-refractivity contribution in [3.05, 3.63) is 6.42 Å². The van der Waals surface area contributed by atoms with E-state index in [1.54, 1.807) is 0 Å². The fourth-order valence-corrected chi connectivity index (χ4v) is 0. The molecule has 0 fully saturated rings. The van der Waals surface area contributed by atoms with E-state index in [0.717, 1.165) is 0 Å². The van der Waals surface area contributed by atoms with Crippen LogP contribution in [-0.2, 0) is 0 Å². The maximum absolute atomic E-state index is 6.41. The van der Waals surface area contributed by atoms with Crippen LogP contribution in [0.3, 0.4) is 0 Å². The smallest absolute Gasteiger partial charge is 0.693 e. The van der Waals surface area contributed by atoms with Gasteiger partial charge in [0, 0.05) is 0 Å². The minimum atomic E-state index is 0. The molecule has 0 atom stereocenters. The summed E-state index contributed by atoms with van der Waals surface area (Å²) >= 11 is 0. The third-order valence-corrected chi connectivity index (χ3v) is 0.289. The van der Waals surface area contributed by atoms with Crippen LogP contribution in [0, 0.1) is 18.3 Å². The summed E-state index contributed by atoms with van der Waals surface area (Å²) in [5.41, 5.74) is 0. The largest absolute Gasteiger partial charge is 1.00 e. The summed E-state index contributed by atoms with van der Waals surface area (Å²) in [5, 5.41) is 0. The van der Waals surface area contributed by atoms with Crippen molar-refractivity contribution in [1.82, 2.24) is 0 Å². The minimum Gasteiger partial charge on any atom is -0.693 e. The first-order valence-corrected chi connectivity index (χ1v) is 1.69. The van der Waals surface area contributed by atoms with Crippen LogP contribution >= 0.6 is 0 Å². The molecular weight excluding hydrogens is 83.0 g/mol. The van der Waals surface area contributed by atoms with Crippen molar-refractivity contribution >= 4 is 0 Å². The molecule has 0 saturated carbocycles. The molecule has 0 rings (SSSR count). The Balaban J connectivity index is 0. The van der Waals surface area contributed by atoms with E-state index in [-0.39, 0.29) is 29.6 Å². The van der Waals surface area contributed by atoms with Crippen molar-refractivity contribution in [2.24, 2.45) is 5.92 Å². The van der Waals surface area contributed by atoms with Crippen LogP contribution in [0.2, 0.25) is 0 Å². The van der Waals surface area contributed by atoms with E-state index in [0.29, 0.717) is 5.92 Å². The van der Waals surface area contributed by atoms with Gasteiger partial charge in [-0.25, -0.2) is 0 Å². The molecule has 0 aliphatic heterocycles. The maximum atomic E-state index is 6.41. The molecule has 0 unspecified atom stereocenters. The Morgan fingerprint density at radius 2 is 1.67 bits per heavy atom. The van der Waals surface area contributed by atoms with Gasteiger partial charge in [-0.05, 0) is 5.92 Å². The molecule has 0 nitrogen and oxygen atoms in total. The van der Waals surface area contributed by atoms with E-state index in [1.165, 1.54) is 0 Å². The van der Waals surface area contributed by atoms with E-state index in [9.17, 15) is 0 Å².